The summed E-state index contributed by atoms with van der Waals surface area (Å²) in [5, 5.41) is 0. The molecule has 0 saturated heterocycles. The van der Waals surface area contributed by atoms with Gasteiger partial charge in [-0.3, -0.25) is 9.78 Å². The summed E-state index contributed by atoms with van der Waals surface area (Å²) in [4.78, 5) is 29.0. The van der Waals surface area contributed by atoms with Crippen molar-refractivity contribution in [1.82, 2.24) is 9.88 Å². The number of hydrogen-bond acceptors (Lipinski definition) is 5. The molecule has 0 aromatic carbocycles. The van der Waals surface area contributed by atoms with Gasteiger partial charge in [-0.25, -0.2) is 4.79 Å². The number of nitrogens with zero attached hydrogens (tertiary/aromatic N) is 2. The Kier molecular flexibility index (Phi) is 4.86. The fourth-order valence-electron chi connectivity index (χ4n) is 1.35. The number of carbonyl (C=O) groups excluding carboxylic acids is 2. The number of likely N-dealkylation sites (N-methyl/N-ethyl adjacent to an activating group) is 1. The van der Waals surface area contributed by atoms with Gasteiger partial charge in [0.1, 0.15) is 0 Å². The summed E-state index contributed by atoms with van der Waals surface area (Å²) in [6, 6.07) is 1.54. The van der Waals surface area contributed by atoms with Gasteiger partial charge in [-0.15, -0.1) is 0 Å². The van der Waals surface area contributed by atoms with Gasteiger partial charge in [0.15, 0.2) is 6.61 Å². The predicted octanol–water partition coefficient (Wildman–Crippen LogP) is 0.996. The summed E-state index contributed by atoms with van der Waals surface area (Å²) in [5.41, 5.74) is 6.74. The highest BCUT2D eigenvalue weighted by Crippen LogP contribution is 2.11. The first kappa shape index (κ1) is 14.9. The molecule has 1 amide bonds. The molecule has 0 aliphatic rings. The molecule has 0 aliphatic heterocycles. The minimum absolute atomic E-state index is 0.0574. The Morgan fingerprint density at radius 1 is 1.47 bits per heavy atom. The van der Waals surface area contributed by atoms with Crippen LogP contribution in [0.1, 0.15) is 29.9 Å². The molecule has 0 spiro atoms. The van der Waals surface area contributed by atoms with Crippen molar-refractivity contribution in [3.63, 3.8) is 0 Å². The number of pyridine rings is 1. The van der Waals surface area contributed by atoms with Gasteiger partial charge in [0.05, 0.1) is 23.1 Å². The number of rotatable bonds is 4. The number of amides is 1. The Labute approximate surface area is 112 Å². The molecule has 1 heterocycles. The molecule has 0 aliphatic carbocycles. The zero-order chi connectivity index (χ0) is 14.6. The van der Waals surface area contributed by atoms with Crippen LogP contribution in [0.3, 0.4) is 0 Å². The first-order valence-electron chi connectivity index (χ1n) is 5.97. The van der Waals surface area contributed by atoms with E-state index >= 15 is 0 Å². The summed E-state index contributed by atoms with van der Waals surface area (Å²) in [7, 11) is 1.66. The molecule has 0 unspecified atom stereocenters. The van der Waals surface area contributed by atoms with E-state index in [-0.39, 0.29) is 24.1 Å². The summed E-state index contributed by atoms with van der Waals surface area (Å²) in [5.74, 6) is -0.847. The number of hydrogen-bond donors (Lipinski definition) is 1. The molecule has 0 radical (unpaired) electrons. The molecule has 6 heteroatoms. The number of ether oxygens (including phenoxy) is 1. The molecule has 104 valence electrons. The van der Waals surface area contributed by atoms with Gasteiger partial charge in [0.25, 0.3) is 5.91 Å². The van der Waals surface area contributed by atoms with Crippen LogP contribution in [-0.2, 0) is 9.53 Å². The summed E-state index contributed by atoms with van der Waals surface area (Å²) in [6.45, 7) is 5.15. The van der Waals surface area contributed by atoms with Gasteiger partial charge >= 0.3 is 5.97 Å². The standard InChI is InChI=1S/C13H19N3O3/c1-8(2)16(4)12(17)7-19-13(18)11-5-10(14)6-15-9(11)3/h5-6,8H,7,14H2,1-4H3. The van der Waals surface area contributed by atoms with Gasteiger partial charge in [0, 0.05) is 13.1 Å². The van der Waals surface area contributed by atoms with Crippen LogP contribution in [0.15, 0.2) is 12.3 Å². The molecule has 0 bridgehead atoms. The zero-order valence-electron chi connectivity index (χ0n) is 11.6. The molecule has 0 atom stereocenters. The normalized spacial score (nSPS) is 10.4. The Morgan fingerprint density at radius 2 is 2.11 bits per heavy atom. The smallest absolute Gasteiger partial charge is 0.340 e. The van der Waals surface area contributed by atoms with Crippen molar-refractivity contribution in [2.24, 2.45) is 0 Å². The molecule has 2 N–H and O–H groups in total. The van der Waals surface area contributed by atoms with E-state index in [2.05, 4.69) is 4.98 Å². The second-order valence-electron chi connectivity index (χ2n) is 4.58. The Hall–Kier alpha value is -2.11. The van der Waals surface area contributed by atoms with Crippen LogP contribution in [0, 0.1) is 6.92 Å². The van der Waals surface area contributed by atoms with E-state index in [0.717, 1.165) is 0 Å². The van der Waals surface area contributed by atoms with Crippen LogP contribution in [0.5, 0.6) is 0 Å². The SMILES string of the molecule is Cc1ncc(N)cc1C(=O)OCC(=O)N(C)C(C)C. The number of esters is 1. The van der Waals surface area contributed by atoms with E-state index in [9.17, 15) is 9.59 Å². The molecule has 0 fully saturated rings. The van der Waals surface area contributed by atoms with E-state index in [4.69, 9.17) is 10.5 Å². The second-order valence-corrected chi connectivity index (χ2v) is 4.58. The lowest BCUT2D eigenvalue weighted by atomic mass is 10.2. The van der Waals surface area contributed by atoms with E-state index in [1.807, 2.05) is 13.8 Å². The monoisotopic (exact) mass is 265 g/mol. The van der Waals surface area contributed by atoms with Gasteiger partial charge in [-0.2, -0.15) is 0 Å². The Morgan fingerprint density at radius 3 is 2.68 bits per heavy atom. The molecular weight excluding hydrogens is 246 g/mol. The average Bonchev–Trinajstić information content (AvgIpc) is 2.37. The Balaban J connectivity index is 2.66. The maximum absolute atomic E-state index is 11.8. The number of nitrogens with two attached hydrogens (primary N) is 1. The van der Waals surface area contributed by atoms with E-state index in [1.54, 1.807) is 14.0 Å². The highest BCUT2D eigenvalue weighted by Gasteiger charge is 2.17. The van der Waals surface area contributed by atoms with Crippen LogP contribution in [-0.4, -0.2) is 41.5 Å². The topological polar surface area (TPSA) is 85.5 Å². The third kappa shape index (κ3) is 3.94. The molecule has 6 nitrogen and oxygen atoms in total. The maximum atomic E-state index is 11.8. The van der Waals surface area contributed by atoms with Crippen LogP contribution < -0.4 is 5.73 Å². The number of aromatic nitrogens is 1. The molecule has 1 aromatic rings. The van der Waals surface area contributed by atoms with E-state index in [1.165, 1.54) is 17.2 Å². The fourth-order valence-corrected chi connectivity index (χ4v) is 1.35. The van der Waals surface area contributed by atoms with Crippen LogP contribution in [0.4, 0.5) is 5.69 Å². The van der Waals surface area contributed by atoms with Crippen LogP contribution >= 0.6 is 0 Å². The maximum Gasteiger partial charge on any atom is 0.340 e. The third-order valence-electron chi connectivity index (χ3n) is 2.82. The highest BCUT2D eigenvalue weighted by molar-refractivity contribution is 5.93. The molecule has 19 heavy (non-hydrogen) atoms. The number of carbonyl (C=O) groups is 2. The van der Waals surface area contributed by atoms with Crippen molar-refractivity contribution in [2.45, 2.75) is 26.8 Å². The minimum Gasteiger partial charge on any atom is -0.452 e. The van der Waals surface area contributed by atoms with Gasteiger partial charge in [-0.1, -0.05) is 0 Å². The summed E-state index contributed by atoms with van der Waals surface area (Å²) in [6.07, 6.45) is 1.46. The number of anilines is 1. The molecule has 1 aromatic heterocycles. The largest absolute Gasteiger partial charge is 0.452 e. The van der Waals surface area contributed by atoms with Crippen molar-refractivity contribution in [1.29, 1.82) is 0 Å². The molecule has 0 saturated carbocycles. The lowest BCUT2D eigenvalue weighted by Gasteiger charge is -2.21. The lowest BCUT2D eigenvalue weighted by molar-refractivity contribution is -0.134. The number of nitrogen functional groups attached to an aromatic ring is 1. The van der Waals surface area contributed by atoms with Gasteiger partial charge in [0.2, 0.25) is 0 Å². The van der Waals surface area contributed by atoms with Crippen molar-refractivity contribution in [3.05, 3.63) is 23.5 Å². The van der Waals surface area contributed by atoms with Crippen molar-refractivity contribution >= 4 is 17.6 Å². The third-order valence-corrected chi connectivity index (χ3v) is 2.82. The van der Waals surface area contributed by atoms with E-state index < -0.39 is 5.97 Å². The lowest BCUT2D eigenvalue weighted by Crippen LogP contribution is -2.36. The molecule has 1 rings (SSSR count). The predicted molar refractivity (Wildman–Crippen MR) is 71.6 cm³/mol. The quantitative estimate of drug-likeness (QED) is 0.821. The van der Waals surface area contributed by atoms with Gasteiger partial charge < -0.3 is 15.4 Å². The molecular formula is C13H19N3O3. The summed E-state index contributed by atoms with van der Waals surface area (Å²) < 4.78 is 4.97. The van der Waals surface area contributed by atoms with Crippen molar-refractivity contribution in [2.75, 3.05) is 19.4 Å². The van der Waals surface area contributed by atoms with Crippen molar-refractivity contribution < 1.29 is 14.3 Å². The Bertz CT molecular complexity index is 486. The first-order chi connectivity index (χ1) is 8.82. The highest BCUT2D eigenvalue weighted by atomic mass is 16.5. The van der Waals surface area contributed by atoms with Gasteiger partial charge in [-0.05, 0) is 26.8 Å². The average molecular weight is 265 g/mol. The van der Waals surface area contributed by atoms with Crippen LogP contribution in [0.2, 0.25) is 0 Å². The van der Waals surface area contributed by atoms with Crippen LogP contribution in [0.25, 0.3) is 0 Å². The summed E-state index contributed by atoms with van der Waals surface area (Å²) >= 11 is 0. The zero-order valence-corrected chi connectivity index (χ0v) is 11.6. The minimum atomic E-state index is -0.595. The fraction of sp³-hybridized carbons (Fsp3) is 0.462. The first-order valence-corrected chi connectivity index (χ1v) is 5.97. The van der Waals surface area contributed by atoms with Crippen molar-refractivity contribution in [3.8, 4) is 0 Å². The van der Waals surface area contributed by atoms with E-state index in [0.29, 0.717) is 11.4 Å². The second kappa shape index (κ2) is 6.17. The number of aryl methyl sites for hydroxylation is 1.